The van der Waals surface area contributed by atoms with Crippen molar-refractivity contribution in [1.29, 1.82) is 0 Å². The summed E-state index contributed by atoms with van der Waals surface area (Å²) in [7, 11) is 0. The summed E-state index contributed by atoms with van der Waals surface area (Å²) in [5.41, 5.74) is 0. The van der Waals surface area contributed by atoms with Gasteiger partial charge in [0.15, 0.2) is 0 Å². The van der Waals surface area contributed by atoms with E-state index >= 15 is 0 Å². The number of rotatable bonds is 10. The molecule has 0 saturated heterocycles. The predicted molar refractivity (Wildman–Crippen MR) is 83.4 cm³/mol. The van der Waals surface area contributed by atoms with E-state index in [-0.39, 0.29) is 25.7 Å². The van der Waals surface area contributed by atoms with Crippen molar-refractivity contribution in [2.24, 2.45) is 11.8 Å². The van der Waals surface area contributed by atoms with E-state index in [4.69, 9.17) is 25.2 Å². The summed E-state index contributed by atoms with van der Waals surface area (Å²) in [5.74, 6) is 6.38. The summed E-state index contributed by atoms with van der Waals surface area (Å²) in [5, 5.41) is 30.3. The Morgan fingerprint density at radius 3 is 1.00 bits per heavy atom. The molecular formula is C13H24N2O11. The van der Waals surface area contributed by atoms with E-state index in [0.717, 1.165) is 0 Å². The Labute approximate surface area is 148 Å². The van der Waals surface area contributed by atoms with Gasteiger partial charge in [0, 0.05) is 25.7 Å². The fraction of sp³-hybridized carbons (Fsp3) is 0.615. The lowest BCUT2D eigenvalue weighted by atomic mass is 10.2. The van der Waals surface area contributed by atoms with E-state index in [1.807, 2.05) is 0 Å². The monoisotopic (exact) mass is 384 g/mol. The third kappa shape index (κ3) is 37.4. The van der Waals surface area contributed by atoms with Crippen molar-refractivity contribution >= 4 is 30.0 Å². The van der Waals surface area contributed by atoms with Crippen LogP contribution in [0.5, 0.6) is 0 Å². The Kier molecular flexibility index (Phi) is 21.6. The maximum absolute atomic E-state index is 10.4. The zero-order chi connectivity index (χ0) is 21.0. The van der Waals surface area contributed by atoms with Crippen molar-refractivity contribution in [1.82, 2.24) is 0 Å². The summed E-state index contributed by atoms with van der Waals surface area (Å²) in [6, 6.07) is 0. The summed E-state index contributed by atoms with van der Waals surface area (Å²) in [6.45, 7) is 0. The number of carbonyl (C=O) groups is 5. The molecule has 0 amide bonds. The van der Waals surface area contributed by atoms with Gasteiger partial charge in [0.2, 0.25) is 0 Å². The molecule has 0 unspecified atom stereocenters. The molecule has 0 bridgehead atoms. The Morgan fingerprint density at radius 2 is 0.808 bits per heavy atom. The standard InChI is InChI=1S/2C6H11NO4.CH2O3/c2*7-11-6(10)4-2-1-3-5(8)9;2-1(3)4/h2*1-4,7H2,(H,8,9);(H2,2,3,4). The van der Waals surface area contributed by atoms with Gasteiger partial charge in [0.05, 0.1) is 0 Å². The lowest BCUT2D eigenvalue weighted by molar-refractivity contribution is -0.145. The van der Waals surface area contributed by atoms with Gasteiger partial charge in [-0.25, -0.2) is 4.79 Å². The third-order valence-electron chi connectivity index (χ3n) is 2.31. The second kappa shape index (κ2) is 20.1. The topological polar surface area (TPSA) is 237 Å². The van der Waals surface area contributed by atoms with Crippen LogP contribution in [0, 0.1) is 0 Å². The van der Waals surface area contributed by atoms with E-state index in [9.17, 15) is 19.2 Å². The van der Waals surface area contributed by atoms with Crippen molar-refractivity contribution in [2.75, 3.05) is 0 Å². The van der Waals surface area contributed by atoms with Crippen LogP contribution in [0.25, 0.3) is 0 Å². The second-order valence-corrected chi connectivity index (χ2v) is 4.46. The molecule has 13 nitrogen and oxygen atoms in total. The molecule has 26 heavy (non-hydrogen) atoms. The van der Waals surface area contributed by atoms with E-state index in [0.29, 0.717) is 25.7 Å². The lowest BCUT2D eigenvalue weighted by Crippen LogP contribution is -2.09. The van der Waals surface area contributed by atoms with Crippen LogP contribution in [-0.4, -0.2) is 50.5 Å². The van der Waals surface area contributed by atoms with Gasteiger partial charge in [-0.15, -0.1) is 0 Å². The first kappa shape index (κ1) is 27.9. The number of carbonyl (C=O) groups excluding carboxylic acids is 2. The predicted octanol–water partition coefficient (Wildman–Crippen LogP) is 0.319. The molecule has 152 valence electrons. The Hall–Kier alpha value is -2.93. The van der Waals surface area contributed by atoms with Gasteiger partial charge < -0.3 is 30.1 Å². The number of carboxylic acid groups (broad SMARTS) is 4. The van der Waals surface area contributed by atoms with Gasteiger partial charge in [-0.3, -0.25) is 19.2 Å². The molecule has 0 fully saturated rings. The molecule has 0 aliphatic heterocycles. The summed E-state index contributed by atoms with van der Waals surface area (Å²) in [4.78, 5) is 57.0. The Bertz CT molecular complexity index is 402. The molecule has 0 radical (unpaired) electrons. The summed E-state index contributed by atoms with van der Waals surface area (Å²) < 4.78 is 0. The number of unbranched alkanes of at least 4 members (excludes halogenated alkanes) is 2. The van der Waals surface area contributed by atoms with Crippen molar-refractivity contribution in [3.63, 3.8) is 0 Å². The van der Waals surface area contributed by atoms with Gasteiger partial charge in [-0.05, 0) is 25.7 Å². The molecular weight excluding hydrogens is 360 g/mol. The first-order valence-corrected chi connectivity index (χ1v) is 7.21. The zero-order valence-electron chi connectivity index (χ0n) is 14.0. The summed E-state index contributed by atoms with van der Waals surface area (Å²) in [6.07, 6.45) is 0.656. The highest BCUT2D eigenvalue weighted by Crippen LogP contribution is 2.00. The Balaban J connectivity index is -0.000000338. The van der Waals surface area contributed by atoms with Gasteiger partial charge in [-0.1, -0.05) is 0 Å². The smallest absolute Gasteiger partial charge is 0.481 e. The minimum absolute atomic E-state index is 0.0812. The van der Waals surface area contributed by atoms with Crippen molar-refractivity contribution in [3.05, 3.63) is 0 Å². The van der Waals surface area contributed by atoms with Crippen LogP contribution in [0.1, 0.15) is 51.4 Å². The van der Waals surface area contributed by atoms with Crippen molar-refractivity contribution in [3.8, 4) is 0 Å². The first-order chi connectivity index (χ1) is 12.1. The SMILES string of the molecule is NOC(=O)CCCCC(=O)O.NOC(=O)CCCCC(=O)O.O=C(O)O. The van der Waals surface area contributed by atoms with E-state index in [1.165, 1.54) is 0 Å². The maximum atomic E-state index is 10.4. The molecule has 0 atom stereocenters. The summed E-state index contributed by atoms with van der Waals surface area (Å²) >= 11 is 0. The van der Waals surface area contributed by atoms with Gasteiger partial charge in [0.25, 0.3) is 0 Å². The average Bonchev–Trinajstić information content (AvgIpc) is 2.54. The second-order valence-electron chi connectivity index (χ2n) is 4.46. The molecule has 0 aromatic rings. The van der Waals surface area contributed by atoms with E-state index in [2.05, 4.69) is 21.5 Å². The molecule has 0 rings (SSSR count). The maximum Gasteiger partial charge on any atom is 0.503 e. The van der Waals surface area contributed by atoms with Crippen LogP contribution in [0.15, 0.2) is 0 Å². The molecule has 0 aromatic carbocycles. The van der Waals surface area contributed by atoms with E-state index < -0.39 is 30.0 Å². The fourth-order valence-electron chi connectivity index (χ4n) is 1.21. The normalized spacial score (nSPS) is 8.69. The molecule has 0 spiro atoms. The molecule has 13 heteroatoms. The van der Waals surface area contributed by atoms with Crippen molar-refractivity contribution < 1.29 is 54.1 Å². The van der Waals surface area contributed by atoms with Gasteiger partial charge in [0.1, 0.15) is 0 Å². The van der Waals surface area contributed by atoms with E-state index in [1.54, 1.807) is 0 Å². The number of nitrogens with two attached hydrogens (primary N) is 2. The van der Waals surface area contributed by atoms with Crippen molar-refractivity contribution in [2.45, 2.75) is 51.4 Å². The molecule has 0 saturated carbocycles. The van der Waals surface area contributed by atoms with Crippen LogP contribution in [0.2, 0.25) is 0 Å². The number of carboxylic acids is 2. The third-order valence-corrected chi connectivity index (χ3v) is 2.31. The minimum atomic E-state index is -1.83. The Morgan fingerprint density at radius 1 is 0.577 bits per heavy atom. The van der Waals surface area contributed by atoms with Crippen LogP contribution < -0.4 is 11.8 Å². The number of aliphatic carboxylic acids is 2. The fourth-order valence-corrected chi connectivity index (χ4v) is 1.21. The highest BCUT2D eigenvalue weighted by atomic mass is 16.7. The zero-order valence-corrected chi connectivity index (χ0v) is 14.0. The van der Waals surface area contributed by atoms with Crippen LogP contribution in [0.3, 0.4) is 0 Å². The highest BCUT2D eigenvalue weighted by molar-refractivity contribution is 5.69. The molecule has 0 heterocycles. The highest BCUT2D eigenvalue weighted by Gasteiger charge is 2.02. The van der Waals surface area contributed by atoms with Crippen LogP contribution in [0.4, 0.5) is 4.79 Å². The molecule has 0 aliphatic carbocycles. The lowest BCUT2D eigenvalue weighted by Gasteiger charge is -1.95. The molecule has 8 N–H and O–H groups in total. The number of hydrogen-bond acceptors (Lipinski definition) is 9. The molecule has 0 aliphatic rings. The van der Waals surface area contributed by atoms with Gasteiger partial charge in [-0.2, -0.15) is 11.8 Å². The average molecular weight is 384 g/mol. The quantitative estimate of drug-likeness (QED) is 0.220. The van der Waals surface area contributed by atoms with Crippen LogP contribution in [-0.2, 0) is 28.9 Å². The largest absolute Gasteiger partial charge is 0.503 e. The molecule has 0 aromatic heterocycles. The first-order valence-electron chi connectivity index (χ1n) is 7.21. The number of hydrogen-bond donors (Lipinski definition) is 6. The minimum Gasteiger partial charge on any atom is -0.481 e. The van der Waals surface area contributed by atoms with Crippen LogP contribution >= 0.6 is 0 Å². The van der Waals surface area contributed by atoms with Gasteiger partial charge >= 0.3 is 30.0 Å².